The van der Waals surface area contributed by atoms with Crippen molar-refractivity contribution < 1.29 is 0 Å². The Hall–Kier alpha value is -1.88. The Kier molecular flexibility index (Phi) is 3.94. The van der Waals surface area contributed by atoms with Gasteiger partial charge in [0.1, 0.15) is 0 Å². The summed E-state index contributed by atoms with van der Waals surface area (Å²) < 4.78 is 1.73. The fourth-order valence-corrected chi connectivity index (χ4v) is 1.86. The van der Waals surface area contributed by atoms with Crippen molar-refractivity contribution in [2.45, 2.75) is 20.0 Å². The summed E-state index contributed by atoms with van der Waals surface area (Å²) in [6.45, 7) is 4.83. The molecular weight excluding hydrogens is 226 g/mol. The largest absolute Gasteiger partial charge is 0.399 e. The first-order valence-corrected chi connectivity index (χ1v) is 6.09. The number of hydrogen-bond donors (Lipinski definition) is 1. The van der Waals surface area contributed by atoms with Crippen molar-refractivity contribution in [3.05, 3.63) is 41.7 Å². The van der Waals surface area contributed by atoms with E-state index in [0.29, 0.717) is 0 Å². The monoisotopic (exact) mass is 245 g/mol. The van der Waals surface area contributed by atoms with E-state index in [9.17, 15) is 0 Å². The van der Waals surface area contributed by atoms with Crippen molar-refractivity contribution in [3.63, 3.8) is 0 Å². The molecule has 0 aliphatic rings. The number of anilines is 1. The van der Waals surface area contributed by atoms with E-state index in [1.165, 1.54) is 5.56 Å². The molecule has 0 fully saturated rings. The third kappa shape index (κ3) is 3.30. The smallest absolute Gasteiger partial charge is 0.0967 e. The molecule has 1 aromatic heterocycles. The van der Waals surface area contributed by atoms with Crippen molar-refractivity contribution in [1.29, 1.82) is 0 Å². The molecule has 2 N–H and O–H groups in total. The van der Waals surface area contributed by atoms with Crippen LogP contribution in [0.25, 0.3) is 0 Å². The average molecular weight is 245 g/mol. The van der Waals surface area contributed by atoms with Crippen molar-refractivity contribution in [2.75, 3.05) is 12.3 Å². The fraction of sp³-hybridized carbons (Fsp3) is 0.385. The lowest BCUT2D eigenvalue weighted by atomic mass is 10.2. The summed E-state index contributed by atoms with van der Waals surface area (Å²) in [4.78, 5) is 2.32. The highest BCUT2D eigenvalue weighted by atomic mass is 15.4. The first-order valence-electron chi connectivity index (χ1n) is 6.09. The van der Waals surface area contributed by atoms with Crippen LogP contribution in [0.3, 0.4) is 0 Å². The van der Waals surface area contributed by atoms with E-state index >= 15 is 0 Å². The summed E-state index contributed by atoms with van der Waals surface area (Å²) in [5.41, 5.74) is 8.74. The van der Waals surface area contributed by atoms with Gasteiger partial charge in [-0.3, -0.25) is 9.58 Å². The molecule has 96 valence electrons. The van der Waals surface area contributed by atoms with Gasteiger partial charge in [-0.05, 0) is 24.2 Å². The molecule has 0 aliphatic heterocycles. The average Bonchev–Trinajstić information content (AvgIpc) is 2.77. The normalized spacial score (nSPS) is 11.1. The topological polar surface area (TPSA) is 60.0 Å². The van der Waals surface area contributed by atoms with Crippen LogP contribution in [0.15, 0.2) is 30.5 Å². The number of aryl methyl sites for hydroxylation is 1. The highest BCUT2D eigenvalue weighted by Crippen LogP contribution is 2.10. The number of nitrogen functional groups attached to an aromatic ring is 1. The molecule has 18 heavy (non-hydrogen) atoms. The zero-order valence-corrected chi connectivity index (χ0v) is 10.9. The van der Waals surface area contributed by atoms with Crippen LogP contribution >= 0.6 is 0 Å². The molecule has 1 heterocycles. The minimum Gasteiger partial charge on any atom is -0.399 e. The van der Waals surface area contributed by atoms with E-state index < -0.39 is 0 Å². The molecule has 0 atom stereocenters. The Balaban J connectivity index is 1.99. The SMILES string of the molecule is CCN(Cc1ccc(N)cc1)Cc1cn(C)nn1. The Morgan fingerprint density at radius 3 is 2.50 bits per heavy atom. The number of benzene rings is 1. The predicted octanol–water partition coefficient (Wildman–Crippen LogP) is 1.42. The first kappa shape index (κ1) is 12.6. The summed E-state index contributed by atoms with van der Waals surface area (Å²) in [5.74, 6) is 0. The molecule has 0 aliphatic carbocycles. The van der Waals surface area contributed by atoms with Crippen LogP contribution in [0.1, 0.15) is 18.2 Å². The third-order valence-electron chi connectivity index (χ3n) is 2.87. The van der Waals surface area contributed by atoms with E-state index in [1.807, 2.05) is 25.4 Å². The van der Waals surface area contributed by atoms with E-state index in [4.69, 9.17) is 5.73 Å². The molecule has 0 saturated heterocycles. The fourth-order valence-electron chi connectivity index (χ4n) is 1.86. The van der Waals surface area contributed by atoms with Gasteiger partial charge in [-0.1, -0.05) is 24.3 Å². The van der Waals surface area contributed by atoms with Gasteiger partial charge in [0, 0.05) is 32.0 Å². The van der Waals surface area contributed by atoms with E-state index in [-0.39, 0.29) is 0 Å². The van der Waals surface area contributed by atoms with Gasteiger partial charge in [0.25, 0.3) is 0 Å². The molecule has 0 radical (unpaired) electrons. The second-order valence-electron chi connectivity index (χ2n) is 4.43. The molecule has 0 unspecified atom stereocenters. The molecule has 5 nitrogen and oxygen atoms in total. The van der Waals surface area contributed by atoms with Gasteiger partial charge < -0.3 is 5.73 Å². The molecule has 0 spiro atoms. The lowest BCUT2D eigenvalue weighted by molar-refractivity contribution is 0.268. The minimum absolute atomic E-state index is 0.802. The summed E-state index contributed by atoms with van der Waals surface area (Å²) in [5, 5.41) is 8.06. The second-order valence-corrected chi connectivity index (χ2v) is 4.43. The van der Waals surface area contributed by atoms with Crippen LogP contribution in [0.4, 0.5) is 5.69 Å². The van der Waals surface area contributed by atoms with Crippen LogP contribution in [-0.2, 0) is 20.1 Å². The van der Waals surface area contributed by atoms with Crippen LogP contribution in [0.2, 0.25) is 0 Å². The molecule has 1 aromatic carbocycles. The summed E-state index contributed by atoms with van der Waals surface area (Å²) in [6, 6.07) is 8.00. The maximum Gasteiger partial charge on any atom is 0.0967 e. The number of rotatable bonds is 5. The van der Waals surface area contributed by atoms with Crippen LogP contribution in [-0.4, -0.2) is 26.4 Å². The molecular formula is C13H19N5. The highest BCUT2D eigenvalue weighted by Gasteiger charge is 2.07. The van der Waals surface area contributed by atoms with E-state index in [2.05, 4.69) is 34.3 Å². The first-order chi connectivity index (χ1) is 8.67. The molecule has 2 aromatic rings. The zero-order valence-electron chi connectivity index (χ0n) is 10.9. The number of nitrogens with zero attached hydrogens (tertiary/aromatic N) is 4. The van der Waals surface area contributed by atoms with Gasteiger partial charge in [0.05, 0.1) is 5.69 Å². The lowest BCUT2D eigenvalue weighted by Crippen LogP contribution is -2.22. The summed E-state index contributed by atoms with van der Waals surface area (Å²) >= 11 is 0. The van der Waals surface area contributed by atoms with Crippen LogP contribution in [0.5, 0.6) is 0 Å². The summed E-state index contributed by atoms with van der Waals surface area (Å²) in [6.07, 6.45) is 1.95. The van der Waals surface area contributed by atoms with Crippen molar-refractivity contribution in [1.82, 2.24) is 19.9 Å². The maximum atomic E-state index is 5.68. The van der Waals surface area contributed by atoms with E-state index in [1.54, 1.807) is 4.68 Å². The van der Waals surface area contributed by atoms with Gasteiger partial charge in [-0.15, -0.1) is 5.10 Å². The molecule has 0 amide bonds. The summed E-state index contributed by atoms with van der Waals surface area (Å²) in [7, 11) is 1.88. The molecule has 2 rings (SSSR count). The van der Waals surface area contributed by atoms with Gasteiger partial charge in [-0.25, -0.2) is 0 Å². The van der Waals surface area contributed by atoms with Crippen molar-refractivity contribution in [2.24, 2.45) is 7.05 Å². The van der Waals surface area contributed by atoms with Crippen LogP contribution in [0, 0.1) is 0 Å². The quantitative estimate of drug-likeness (QED) is 0.809. The Labute approximate surface area is 107 Å². The van der Waals surface area contributed by atoms with Crippen LogP contribution < -0.4 is 5.73 Å². The maximum absolute atomic E-state index is 5.68. The number of hydrogen-bond acceptors (Lipinski definition) is 4. The second kappa shape index (κ2) is 5.64. The number of aromatic nitrogens is 3. The standard InChI is InChI=1S/C13H19N5/c1-3-18(10-13-9-17(2)16-15-13)8-11-4-6-12(14)7-5-11/h4-7,9H,3,8,10,14H2,1-2H3. The minimum atomic E-state index is 0.802. The zero-order chi connectivity index (χ0) is 13.0. The predicted molar refractivity (Wildman–Crippen MR) is 71.6 cm³/mol. The highest BCUT2D eigenvalue weighted by molar-refractivity contribution is 5.39. The van der Waals surface area contributed by atoms with E-state index in [0.717, 1.165) is 31.0 Å². The van der Waals surface area contributed by atoms with Gasteiger partial charge in [-0.2, -0.15) is 0 Å². The van der Waals surface area contributed by atoms with Gasteiger partial charge in [0.2, 0.25) is 0 Å². The van der Waals surface area contributed by atoms with Gasteiger partial charge in [0.15, 0.2) is 0 Å². The van der Waals surface area contributed by atoms with Gasteiger partial charge >= 0.3 is 0 Å². The lowest BCUT2D eigenvalue weighted by Gasteiger charge is -2.19. The third-order valence-corrected chi connectivity index (χ3v) is 2.87. The number of nitrogens with two attached hydrogens (primary N) is 1. The molecule has 0 saturated carbocycles. The Morgan fingerprint density at radius 2 is 1.94 bits per heavy atom. The van der Waals surface area contributed by atoms with Crippen molar-refractivity contribution >= 4 is 5.69 Å². The Bertz CT molecular complexity index is 488. The van der Waals surface area contributed by atoms with Crippen molar-refractivity contribution in [3.8, 4) is 0 Å². The molecule has 0 bridgehead atoms. The Morgan fingerprint density at radius 1 is 1.22 bits per heavy atom. The molecule has 5 heteroatoms.